The molecule has 0 aliphatic heterocycles. The summed E-state index contributed by atoms with van der Waals surface area (Å²) in [5.41, 5.74) is 0.970. The van der Waals surface area contributed by atoms with Crippen molar-refractivity contribution >= 4 is 12.2 Å². The Morgan fingerprint density at radius 2 is 1.28 bits per heavy atom. The lowest BCUT2D eigenvalue weighted by molar-refractivity contribution is 0.447. The Hall–Kier alpha value is -2.23. The molecular weight excluding hydrogens is 241 g/mol. The lowest BCUT2D eigenvalue weighted by Gasteiger charge is -1.98. The molecule has 0 unspecified atom stereocenters. The molecule has 2 aromatic rings. The smallest absolute Gasteiger partial charge is 0.194 e. The Kier molecular flexibility index (Phi) is 3.37. The first-order valence-corrected chi connectivity index (χ1v) is 5.18. The number of aromatic hydroxyl groups is 1. The molecule has 0 fully saturated rings. The van der Waals surface area contributed by atoms with Crippen molar-refractivity contribution < 1.29 is 18.3 Å². The second-order valence-electron chi connectivity index (χ2n) is 3.72. The van der Waals surface area contributed by atoms with E-state index in [1.165, 1.54) is 18.2 Å². The van der Waals surface area contributed by atoms with Crippen molar-refractivity contribution in [1.82, 2.24) is 0 Å². The monoisotopic (exact) mass is 250 g/mol. The minimum atomic E-state index is -1.48. The molecule has 0 aromatic heterocycles. The van der Waals surface area contributed by atoms with Crippen molar-refractivity contribution in [3.8, 4) is 5.75 Å². The summed E-state index contributed by atoms with van der Waals surface area (Å²) in [5.74, 6) is -3.79. The van der Waals surface area contributed by atoms with Gasteiger partial charge in [-0.1, -0.05) is 24.3 Å². The first-order chi connectivity index (χ1) is 8.56. The van der Waals surface area contributed by atoms with Crippen molar-refractivity contribution in [3.63, 3.8) is 0 Å². The Bertz CT molecular complexity index is 565. The van der Waals surface area contributed by atoms with Gasteiger partial charge in [0.1, 0.15) is 5.75 Å². The number of hydrogen-bond acceptors (Lipinski definition) is 1. The normalized spacial score (nSPS) is 11.1. The molecule has 0 bridgehead atoms. The summed E-state index contributed by atoms with van der Waals surface area (Å²) in [5, 5.41) is 9.08. The number of phenols is 1. The molecule has 92 valence electrons. The van der Waals surface area contributed by atoms with Gasteiger partial charge in [-0.05, 0) is 35.4 Å². The number of hydrogen-bond donors (Lipinski definition) is 1. The van der Waals surface area contributed by atoms with Gasteiger partial charge in [0.2, 0.25) is 0 Å². The zero-order valence-electron chi connectivity index (χ0n) is 9.20. The Morgan fingerprint density at radius 1 is 0.778 bits per heavy atom. The Balaban J connectivity index is 2.26. The van der Waals surface area contributed by atoms with Gasteiger partial charge in [0, 0.05) is 0 Å². The number of rotatable bonds is 2. The second kappa shape index (κ2) is 4.96. The maximum absolute atomic E-state index is 12.9. The topological polar surface area (TPSA) is 20.2 Å². The maximum atomic E-state index is 12.9. The van der Waals surface area contributed by atoms with Crippen LogP contribution >= 0.6 is 0 Å². The molecule has 0 radical (unpaired) electrons. The number of phenolic OH excluding ortho intramolecular Hbond substituents is 1. The first-order valence-electron chi connectivity index (χ1n) is 5.18. The lowest BCUT2D eigenvalue weighted by Crippen LogP contribution is -1.90. The van der Waals surface area contributed by atoms with E-state index in [1.807, 2.05) is 0 Å². The van der Waals surface area contributed by atoms with Gasteiger partial charge in [-0.2, -0.15) is 0 Å². The zero-order valence-corrected chi connectivity index (χ0v) is 9.20. The van der Waals surface area contributed by atoms with Crippen molar-refractivity contribution in [2.75, 3.05) is 0 Å². The SMILES string of the molecule is Oc1ccc(/C=C/c2cc(F)c(F)c(F)c2)cc1. The van der Waals surface area contributed by atoms with E-state index in [2.05, 4.69) is 0 Å². The second-order valence-corrected chi connectivity index (χ2v) is 3.72. The van der Waals surface area contributed by atoms with Crippen LogP contribution in [0, 0.1) is 17.5 Å². The summed E-state index contributed by atoms with van der Waals surface area (Å²) in [6.45, 7) is 0. The number of halogens is 3. The van der Waals surface area contributed by atoms with Gasteiger partial charge in [0.15, 0.2) is 17.5 Å². The van der Waals surface area contributed by atoms with E-state index in [-0.39, 0.29) is 11.3 Å². The van der Waals surface area contributed by atoms with Crippen LogP contribution < -0.4 is 0 Å². The molecule has 1 N–H and O–H groups in total. The van der Waals surface area contributed by atoms with Gasteiger partial charge in [0.25, 0.3) is 0 Å². The maximum Gasteiger partial charge on any atom is 0.194 e. The highest BCUT2D eigenvalue weighted by Gasteiger charge is 2.08. The third-order valence-corrected chi connectivity index (χ3v) is 2.37. The van der Waals surface area contributed by atoms with Crippen molar-refractivity contribution in [3.05, 3.63) is 65.0 Å². The number of benzene rings is 2. The van der Waals surface area contributed by atoms with Crippen LogP contribution in [0.4, 0.5) is 13.2 Å². The fraction of sp³-hybridized carbons (Fsp3) is 0. The Labute approximate surface area is 102 Å². The molecule has 0 atom stereocenters. The third-order valence-electron chi connectivity index (χ3n) is 2.37. The standard InChI is InChI=1S/C14H9F3O/c15-12-7-10(8-13(16)14(12)17)2-1-9-3-5-11(18)6-4-9/h1-8,18H/b2-1+. The molecular formula is C14H9F3O. The van der Waals surface area contributed by atoms with E-state index >= 15 is 0 Å². The van der Waals surface area contributed by atoms with Gasteiger partial charge >= 0.3 is 0 Å². The molecule has 0 spiro atoms. The highest BCUT2D eigenvalue weighted by Crippen LogP contribution is 2.17. The highest BCUT2D eigenvalue weighted by molar-refractivity contribution is 5.69. The molecule has 0 aliphatic rings. The quantitative estimate of drug-likeness (QED) is 0.631. The van der Waals surface area contributed by atoms with E-state index < -0.39 is 17.5 Å². The van der Waals surface area contributed by atoms with E-state index in [0.29, 0.717) is 0 Å². The van der Waals surface area contributed by atoms with Crippen LogP contribution in [0.15, 0.2) is 36.4 Å². The average molecular weight is 250 g/mol. The van der Waals surface area contributed by atoms with E-state index in [4.69, 9.17) is 5.11 Å². The molecule has 18 heavy (non-hydrogen) atoms. The van der Waals surface area contributed by atoms with Crippen LogP contribution in [0.3, 0.4) is 0 Å². The summed E-state index contributed by atoms with van der Waals surface area (Å²) in [4.78, 5) is 0. The van der Waals surface area contributed by atoms with Crippen molar-refractivity contribution in [2.24, 2.45) is 0 Å². The molecule has 0 amide bonds. The van der Waals surface area contributed by atoms with Crippen LogP contribution in [0.2, 0.25) is 0 Å². The summed E-state index contributed by atoms with van der Waals surface area (Å²) in [6, 6.07) is 8.09. The molecule has 2 aromatic carbocycles. The molecule has 2 rings (SSSR count). The highest BCUT2D eigenvalue weighted by atomic mass is 19.2. The van der Waals surface area contributed by atoms with Gasteiger partial charge in [-0.3, -0.25) is 0 Å². The fourth-order valence-corrected chi connectivity index (χ4v) is 1.45. The minimum Gasteiger partial charge on any atom is -0.508 e. The molecule has 0 aliphatic carbocycles. The van der Waals surface area contributed by atoms with Crippen LogP contribution in [-0.4, -0.2) is 5.11 Å². The van der Waals surface area contributed by atoms with Crippen LogP contribution in [0.1, 0.15) is 11.1 Å². The van der Waals surface area contributed by atoms with Gasteiger partial charge in [-0.15, -0.1) is 0 Å². The van der Waals surface area contributed by atoms with Crippen LogP contribution in [0.5, 0.6) is 5.75 Å². The predicted octanol–water partition coefficient (Wildman–Crippen LogP) is 3.98. The average Bonchev–Trinajstić information content (AvgIpc) is 2.35. The third kappa shape index (κ3) is 2.71. The summed E-state index contributed by atoms with van der Waals surface area (Å²) >= 11 is 0. The van der Waals surface area contributed by atoms with Crippen molar-refractivity contribution in [1.29, 1.82) is 0 Å². The van der Waals surface area contributed by atoms with Crippen LogP contribution in [0.25, 0.3) is 12.2 Å². The first kappa shape index (κ1) is 12.2. The molecule has 0 heterocycles. The van der Waals surface area contributed by atoms with E-state index in [1.54, 1.807) is 18.2 Å². The Morgan fingerprint density at radius 3 is 1.83 bits per heavy atom. The zero-order chi connectivity index (χ0) is 13.1. The van der Waals surface area contributed by atoms with Crippen molar-refractivity contribution in [2.45, 2.75) is 0 Å². The van der Waals surface area contributed by atoms with E-state index in [0.717, 1.165) is 17.7 Å². The largest absolute Gasteiger partial charge is 0.508 e. The van der Waals surface area contributed by atoms with Gasteiger partial charge in [-0.25, -0.2) is 13.2 Å². The predicted molar refractivity (Wildman–Crippen MR) is 63.4 cm³/mol. The van der Waals surface area contributed by atoms with Crippen LogP contribution in [-0.2, 0) is 0 Å². The molecule has 0 saturated heterocycles. The van der Waals surface area contributed by atoms with E-state index in [9.17, 15) is 13.2 Å². The molecule has 0 saturated carbocycles. The summed E-state index contributed by atoms with van der Waals surface area (Å²) < 4.78 is 38.6. The minimum absolute atomic E-state index is 0.131. The lowest BCUT2D eigenvalue weighted by atomic mass is 10.1. The molecule has 1 nitrogen and oxygen atoms in total. The summed E-state index contributed by atoms with van der Waals surface area (Å²) in [6.07, 6.45) is 3.06. The summed E-state index contributed by atoms with van der Waals surface area (Å²) in [7, 11) is 0. The fourth-order valence-electron chi connectivity index (χ4n) is 1.45. The molecule has 4 heteroatoms. The van der Waals surface area contributed by atoms with Gasteiger partial charge < -0.3 is 5.11 Å². The van der Waals surface area contributed by atoms with Gasteiger partial charge in [0.05, 0.1) is 0 Å².